The molecule has 1 N–H and O–H groups in total. The first-order valence-corrected chi connectivity index (χ1v) is 7.70. The van der Waals surface area contributed by atoms with E-state index in [1.807, 2.05) is 31.2 Å². The summed E-state index contributed by atoms with van der Waals surface area (Å²) in [7, 11) is 0. The molecule has 1 aliphatic rings. The van der Waals surface area contributed by atoms with E-state index in [4.69, 9.17) is 0 Å². The Balaban J connectivity index is 1.55. The molecule has 2 heterocycles. The van der Waals surface area contributed by atoms with Gasteiger partial charge in [0.1, 0.15) is 5.69 Å². The summed E-state index contributed by atoms with van der Waals surface area (Å²) in [6.07, 6.45) is 1.54. The fraction of sp³-hybridized carbons (Fsp3) is 0.222. The van der Waals surface area contributed by atoms with Crippen molar-refractivity contribution in [2.75, 3.05) is 6.54 Å². The maximum Gasteiger partial charge on any atom is 0.280 e. The number of hydrogen-bond acceptors (Lipinski definition) is 4. The molecule has 0 aliphatic carbocycles. The first-order chi connectivity index (χ1) is 11.6. The van der Waals surface area contributed by atoms with E-state index in [1.54, 1.807) is 12.1 Å². The SMILES string of the molecule is Cc1ccccc1CNC(=O)CCN1C(=O)c2cccnc2C1=O. The van der Waals surface area contributed by atoms with Crippen molar-refractivity contribution in [2.45, 2.75) is 19.9 Å². The number of hydrogen-bond donors (Lipinski definition) is 1. The van der Waals surface area contributed by atoms with Gasteiger partial charge in [0.2, 0.25) is 5.91 Å². The molecular weight excluding hydrogens is 306 g/mol. The number of fused-ring (bicyclic) bond motifs is 1. The number of rotatable bonds is 5. The van der Waals surface area contributed by atoms with Crippen LogP contribution in [-0.4, -0.2) is 34.2 Å². The molecule has 122 valence electrons. The predicted octanol–water partition coefficient (Wildman–Crippen LogP) is 1.69. The number of aromatic nitrogens is 1. The van der Waals surface area contributed by atoms with E-state index < -0.39 is 11.8 Å². The first-order valence-electron chi connectivity index (χ1n) is 7.70. The number of nitrogens with one attached hydrogen (secondary N) is 1. The third-order valence-corrected chi connectivity index (χ3v) is 4.03. The molecule has 0 bridgehead atoms. The van der Waals surface area contributed by atoms with Gasteiger partial charge in [0.05, 0.1) is 5.56 Å². The van der Waals surface area contributed by atoms with E-state index in [0.29, 0.717) is 12.1 Å². The minimum absolute atomic E-state index is 0.0492. The van der Waals surface area contributed by atoms with Crippen LogP contribution in [0.4, 0.5) is 0 Å². The lowest BCUT2D eigenvalue weighted by Gasteiger charge is -2.13. The molecule has 2 aromatic rings. The van der Waals surface area contributed by atoms with Crippen molar-refractivity contribution in [3.8, 4) is 0 Å². The van der Waals surface area contributed by atoms with Crippen molar-refractivity contribution in [3.63, 3.8) is 0 Å². The third-order valence-electron chi connectivity index (χ3n) is 4.03. The van der Waals surface area contributed by atoms with Gasteiger partial charge in [0, 0.05) is 25.7 Å². The van der Waals surface area contributed by atoms with Gasteiger partial charge in [-0.15, -0.1) is 0 Å². The Morgan fingerprint density at radius 3 is 2.67 bits per heavy atom. The summed E-state index contributed by atoms with van der Waals surface area (Å²) in [6.45, 7) is 2.45. The van der Waals surface area contributed by atoms with Gasteiger partial charge in [-0.3, -0.25) is 24.3 Å². The zero-order chi connectivity index (χ0) is 17.1. The summed E-state index contributed by atoms with van der Waals surface area (Å²) in [6, 6.07) is 11.0. The Labute approximate surface area is 139 Å². The fourth-order valence-electron chi connectivity index (χ4n) is 2.62. The first kappa shape index (κ1) is 15.9. The summed E-state index contributed by atoms with van der Waals surface area (Å²) >= 11 is 0. The van der Waals surface area contributed by atoms with Gasteiger partial charge in [-0.05, 0) is 30.2 Å². The van der Waals surface area contributed by atoms with Crippen molar-refractivity contribution in [1.82, 2.24) is 15.2 Å². The summed E-state index contributed by atoms with van der Waals surface area (Å²) in [5, 5.41) is 2.81. The highest BCUT2D eigenvalue weighted by atomic mass is 16.2. The molecule has 1 aromatic carbocycles. The van der Waals surface area contributed by atoms with E-state index in [-0.39, 0.29) is 24.6 Å². The van der Waals surface area contributed by atoms with Crippen LogP contribution in [0.5, 0.6) is 0 Å². The molecule has 0 saturated heterocycles. The molecule has 24 heavy (non-hydrogen) atoms. The van der Waals surface area contributed by atoms with Crippen LogP contribution in [0.3, 0.4) is 0 Å². The van der Waals surface area contributed by atoms with Gasteiger partial charge in [-0.2, -0.15) is 0 Å². The second-order valence-corrected chi connectivity index (χ2v) is 5.61. The van der Waals surface area contributed by atoms with Crippen LogP contribution in [0.25, 0.3) is 0 Å². The molecule has 0 atom stereocenters. The number of imide groups is 1. The van der Waals surface area contributed by atoms with Crippen molar-refractivity contribution in [2.24, 2.45) is 0 Å². The second-order valence-electron chi connectivity index (χ2n) is 5.61. The van der Waals surface area contributed by atoms with E-state index in [9.17, 15) is 14.4 Å². The van der Waals surface area contributed by atoms with Gasteiger partial charge in [-0.1, -0.05) is 24.3 Å². The van der Waals surface area contributed by atoms with Gasteiger partial charge < -0.3 is 5.32 Å². The normalized spacial score (nSPS) is 13.1. The summed E-state index contributed by atoms with van der Waals surface area (Å²) in [5.41, 5.74) is 2.59. The van der Waals surface area contributed by atoms with Crippen LogP contribution in [0.1, 0.15) is 38.4 Å². The van der Waals surface area contributed by atoms with Crippen LogP contribution in [0.2, 0.25) is 0 Å². The molecule has 3 rings (SSSR count). The average Bonchev–Trinajstić information content (AvgIpc) is 2.84. The lowest BCUT2D eigenvalue weighted by Crippen LogP contribution is -2.34. The molecule has 3 amide bonds. The molecular formula is C18H17N3O3. The van der Waals surface area contributed by atoms with E-state index in [0.717, 1.165) is 16.0 Å². The topological polar surface area (TPSA) is 79.4 Å². The predicted molar refractivity (Wildman–Crippen MR) is 87.2 cm³/mol. The number of benzene rings is 1. The van der Waals surface area contributed by atoms with Gasteiger partial charge in [0.15, 0.2) is 0 Å². The Morgan fingerprint density at radius 2 is 1.92 bits per heavy atom. The Bertz CT molecular complexity index is 782. The lowest BCUT2D eigenvalue weighted by atomic mass is 10.1. The maximum absolute atomic E-state index is 12.2. The Kier molecular flexibility index (Phi) is 4.37. The van der Waals surface area contributed by atoms with Gasteiger partial charge in [0.25, 0.3) is 11.8 Å². The van der Waals surface area contributed by atoms with Crippen LogP contribution in [0, 0.1) is 6.92 Å². The average molecular weight is 323 g/mol. The molecule has 0 radical (unpaired) electrons. The minimum Gasteiger partial charge on any atom is -0.352 e. The van der Waals surface area contributed by atoms with Crippen LogP contribution >= 0.6 is 0 Å². The molecule has 0 unspecified atom stereocenters. The third kappa shape index (κ3) is 3.03. The maximum atomic E-state index is 12.2. The summed E-state index contributed by atoms with van der Waals surface area (Å²) < 4.78 is 0. The highest BCUT2D eigenvalue weighted by Gasteiger charge is 2.36. The monoisotopic (exact) mass is 323 g/mol. The van der Waals surface area contributed by atoms with Crippen molar-refractivity contribution in [1.29, 1.82) is 0 Å². The number of carbonyl (C=O) groups excluding carboxylic acids is 3. The molecule has 6 nitrogen and oxygen atoms in total. The quantitative estimate of drug-likeness (QED) is 0.849. The standard InChI is InChI=1S/C18H17N3O3/c1-12-5-2-3-6-13(12)11-20-15(22)8-10-21-17(23)14-7-4-9-19-16(14)18(21)24/h2-7,9H,8,10-11H2,1H3,(H,20,22). The highest BCUT2D eigenvalue weighted by molar-refractivity contribution is 6.20. The van der Waals surface area contributed by atoms with Crippen molar-refractivity contribution in [3.05, 3.63) is 65.0 Å². The van der Waals surface area contributed by atoms with Crippen LogP contribution in [-0.2, 0) is 11.3 Å². The van der Waals surface area contributed by atoms with Crippen LogP contribution < -0.4 is 5.32 Å². The molecule has 0 saturated carbocycles. The summed E-state index contributed by atoms with van der Waals surface area (Å²) in [4.78, 5) is 41.3. The zero-order valence-electron chi connectivity index (χ0n) is 13.3. The van der Waals surface area contributed by atoms with E-state index in [1.165, 1.54) is 6.20 Å². The Morgan fingerprint density at radius 1 is 1.12 bits per heavy atom. The molecule has 6 heteroatoms. The van der Waals surface area contributed by atoms with Crippen molar-refractivity contribution < 1.29 is 14.4 Å². The number of amides is 3. The van der Waals surface area contributed by atoms with Gasteiger partial charge in [-0.25, -0.2) is 0 Å². The largest absolute Gasteiger partial charge is 0.352 e. The highest BCUT2D eigenvalue weighted by Crippen LogP contribution is 2.20. The molecule has 1 aliphatic heterocycles. The number of carbonyl (C=O) groups is 3. The summed E-state index contributed by atoms with van der Waals surface area (Å²) in [5.74, 6) is -1.04. The van der Waals surface area contributed by atoms with E-state index >= 15 is 0 Å². The lowest BCUT2D eigenvalue weighted by molar-refractivity contribution is -0.121. The van der Waals surface area contributed by atoms with Gasteiger partial charge >= 0.3 is 0 Å². The zero-order valence-corrected chi connectivity index (χ0v) is 13.3. The molecule has 0 fully saturated rings. The Hall–Kier alpha value is -3.02. The number of pyridine rings is 1. The van der Waals surface area contributed by atoms with Crippen molar-refractivity contribution >= 4 is 17.7 Å². The van der Waals surface area contributed by atoms with E-state index in [2.05, 4.69) is 10.3 Å². The number of aryl methyl sites for hydroxylation is 1. The molecule has 0 spiro atoms. The number of nitrogens with zero attached hydrogens (tertiary/aromatic N) is 2. The van der Waals surface area contributed by atoms with Crippen LogP contribution in [0.15, 0.2) is 42.6 Å². The smallest absolute Gasteiger partial charge is 0.280 e. The second kappa shape index (κ2) is 6.62. The minimum atomic E-state index is -0.442. The fourth-order valence-corrected chi connectivity index (χ4v) is 2.62. The molecule has 1 aromatic heterocycles.